The fraction of sp³-hybridized carbons (Fsp3) is 0.400. The van der Waals surface area contributed by atoms with E-state index >= 15 is 0 Å². The van der Waals surface area contributed by atoms with Gasteiger partial charge in [-0.05, 0) is 32.4 Å². The van der Waals surface area contributed by atoms with Gasteiger partial charge in [-0.2, -0.15) is 0 Å². The number of hydrogen-bond donors (Lipinski definition) is 3. The number of aryl methyl sites for hydroxylation is 2. The third kappa shape index (κ3) is 6.28. The van der Waals surface area contributed by atoms with E-state index in [2.05, 4.69) is 20.0 Å². The molecule has 0 saturated heterocycles. The number of aromatic nitrogens is 2. The van der Waals surface area contributed by atoms with Gasteiger partial charge in [-0.15, -0.1) is 0 Å². The van der Waals surface area contributed by atoms with Gasteiger partial charge < -0.3 is 4.74 Å². The predicted octanol–water partition coefficient (Wildman–Crippen LogP) is 1.73. The number of para-hydroxylation sites is 2. The topological polar surface area (TPSA) is 158 Å². The number of imidazole rings is 1. The maximum atomic E-state index is 13.2. The molecule has 0 aliphatic carbocycles. The molecule has 3 aromatic rings. The molecular formula is C25H33BN6O5S. The number of ether oxygens (including phenoxy) is 1. The van der Waals surface area contributed by atoms with Crippen LogP contribution in [0.3, 0.4) is 0 Å². The molecule has 1 atom stereocenters. The van der Waals surface area contributed by atoms with Gasteiger partial charge in [0.1, 0.15) is 5.75 Å². The molecule has 0 aliphatic heterocycles. The summed E-state index contributed by atoms with van der Waals surface area (Å²) in [5.41, 5.74) is 9.23. The number of ketones is 1. The van der Waals surface area contributed by atoms with E-state index in [1.807, 2.05) is 24.3 Å². The van der Waals surface area contributed by atoms with E-state index < -0.39 is 16.1 Å². The molecule has 202 valence electrons. The summed E-state index contributed by atoms with van der Waals surface area (Å²) in [7, 11) is 0.00605. The quantitative estimate of drug-likeness (QED) is 0.103. The van der Waals surface area contributed by atoms with Crippen LogP contribution in [0, 0.1) is 20.8 Å². The summed E-state index contributed by atoms with van der Waals surface area (Å²) in [6.45, 7) is 5.35. The summed E-state index contributed by atoms with van der Waals surface area (Å²) in [6.07, 6.45) is 0.759. The molecule has 1 aromatic heterocycles. The number of sulfonamides is 1. The van der Waals surface area contributed by atoms with E-state index in [0.717, 1.165) is 5.52 Å². The van der Waals surface area contributed by atoms with Gasteiger partial charge >= 0.3 is 173 Å². The van der Waals surface area contributed by atoms with Crippen LogP contribution in [0.2, 0.25) is 0 Å². The summed E-state index contributed by atoms with van der Waals surface area (Å²) in [6, 6.07) is 8.42. The second kappa shape index (κ2) is 12.3. The van der Waals surface area contributed by atoms with E-state index in [1.54, 1.807) is 38.5 Å². The van der Waals surface area contributed by atoms with Crippen LogP contribution >= 0.6 is 0 Å². The zero-order valence-electron chi connectivity index (χ0n) is 22.2. The van der Waals surface area contributed by atoms with Crippen molar-refractivity contribution in [1.82, 2.24) is 19.6 Å². The van der Waals surface area contributed by atoms with E-state index in [4.69, 9.17) is 10.5 Å². The third-order valence-corrected chi connectivity index (χ3v) is 8.05. The summed E-state index contributed by atoms with van der Waals surface area (Å²) in [4.78, 5) is 21.9. The Morgan fingerprint density at radius 2 is 1.95 bits per heavy atom. The number of nitrogens with zero attached hydrogens (tertiary/aromatic N) is 3. The minimum Gasteiger partial charge on any atom is -0.0380 e. The molecule has 3 rings (SSSR count). The first-order chi connectivity index (χ1) is 18.0. The standard InChI is InChI=1S/C25H33BN6O5S/c1-15-13-21(37-5)16(2)17(3)23(15)38(35,36)31-25(27)28-12-8-10-19(29-14-26-34)22(33)24-30-18-9-6-7-11-20(18)32(24)4/h6-7,9,11,13,19,29H,8,10,12,14H2,1-5H3,(H3,27,28,31). The van der Waals surface area contributed by atoms with Gasteiger partial charge in [-0.25, -0.2) is 0 Å². The molecule has 0 spiro atoms. The number of carbonyl (C=O) groups excluding carboxylic acids is 1. The molecule has 1 unspecified atom stereocenters. The number of nitrogens with one attached hydrogen (secondary N) is 2. The maximum absolute atomic E-state index is 13.2. The van der Waals surface area contributed by atoms with Crippen molar-refractivity contribution in [2.24, 2.45) is 17.8 Å². The molecule has 0 amide bonds. The number of nitrogens with two attached hydrogens (primary N) is 1. The average molecular weight is 540 g/mol. The van der Waals surface area contributed by atoms with Crippen LogP contribution in [0.5, 0.6) is 5.75 Å². The van der Waals surface area contributed by atoms with Crippen LogP contribution in [0.4, 0.5) is 0 Å². The minimum absolute atomic E-state index is 0.00549. The number of hydrogen-bond acceptors (Lipinski definition) is 8. The summed E-state index contributed by atoms with van der Waals surface area (Å²) < 4.78 is 46.4. The van der Waals surface area contributed by atoms with Gasteiger partial charge in [0.05, 0.1) is 7.11 Å². The van der Waals surface area contributed by atoms with Gasteiger partial charge in [0.25, 0.3) is 0 Å². The van der Waals surface area contributed by atoms with Crippen molar-refractivity contribution in [3.8, 4) is 5.75 Å². The van der Waals surface area contributed by atoms with Gasteiger partial charge in [0.2, 0.25) is 0 Å². The van der Waals surface area contributed by atoms with Crippen molar-refractivity contribution in [3.63, 3.8) is 0 Å². The summed E-state index contributed by atoms with van der Waals surface area (Å²) >= 11 is 0. The minimum atomic E-state index is -3.98. The molecule has 1 heterocycles. The summed E-state index contributed by atoms with van der Waals surface area (Å²) in [5, 5.41) is 2.94. The van der Waals surface area contributed by atoms with Gasteiger partial charge in [-0.3, -0.25) is 0 Å². The first-order valence-corrected chi connectivity index (χ1v) is 13.6. The molecule has 38 heavy (non-hydrogen) atoms. The molecule has 11 nitrogen and oxygen atoms in total. The molecule has 0 fully saturated rings. The molecule has 0 saturated carbocycles. The number of methoxy groups -OCH3 is 1. The Bertz CT molecular complexity index is 1490. The smallest absolute Gasteiger partial charge is 0.0380 e. The number of fused-ring (bicyclic) bond motifs is 1. The first-order valence-electron chi connectivity index (χ1n) is 12.1. The molecule has 2 aromatic carbocycles. The number of benzene rings is 2. The zero-order valence-corrected chi connectivity index (χ0v) is 23.1. The van der Waals surface area contributed by atoms with Crippen LogP contribution in [0.25, 0.3) is 11.0 Å². The van der Waals surface area contributed by atoms with Crippen LogP contribution < -0.4 is 20.5 Å². The number of guanidine groups is 1. The normalized spacial score (nSPS) is 12.8. The molecular weight excluding hydrogens is 507 g/mol. The van der Waals surface area contributed by atoms with Gasteiger partial charge in [0.15, 0.2) is 0 Å². The second-order valence-electron chi connectivity index (χ2n) is 8.96. The van der Waals surface area contributed by atoms with E-state index in [1.165, 1.54) is 7.11 Å². The monoisotopic (exact) mass is 540 g/mol. The Hall–Kier alpha value is -3.58. The molecule has 0 bridgehead atoms. The van der Waals surface area contributed by atoms with Crippen molar-refractivity contribution in [3.05, 3.63) is 52.8 Å². The van der Waals surface area contributed by atoms with Crippen LogP contribution in [0.1, 0.15) is 40.2 Å². The van der Waals surface area contributed by atoms with Crippen LogP contribution in [0.15, 0.2) is 40.2 Å². The number of Topliss-reactive ketones (excluding diaryl/α,β-unsaturated/α-hetero) is 1. The number of aliphatic imine (C=N–C) groups is 1. The van der Waals surface area contributed by atoms with Gasteiger partial charge in [-0.1, -0.05) is 0 Å². The SMILES string of the molecule is COc1cc(C)c(S(=O)(=O)NC(N)=NCCCC(NCB=O)C(=O)c2nc3ccccc3n2C)c(C)c1C. The fourth-order valence-corrected chi connectivity index (χ4v) is 5.88. The van der Waals surface area contributed by atoms with Gasteiger partial charge in [0, 0.05) is 0 Å². The molecule has 0 radical (unpaired) electrons. The van der Waals surface area contributed by atoms with E-state index in [9.17, 15) is 17.9 Å². The Kier molecular flexibility index (Phi) is 9.39. The van der Waals surface area contributed by atoms with Crippen LogP contribution in [-0.2, 0) is 21.8 Å². The van der Waals surface area contributed by atoms with E-state index in [-0.39, 0.29) is 35.5 Å². The van der Waals surface area contributed by atoms with Crippen molar-refractivity contribution in [2.75, 3.05) is 20.1 Å². The first kappa shape index (κ1) is 29.0. The Balaban J connectivity index is 1.68. The number of rotatable bonds is 12. The molecule has 13 heteroatoms. The second-order valence-corrected chi connectivity index (χ2v) is 10.6. The van der Waals surface area contributed by atoms with E-state index in [0.29, 0.717) is 47.9 Å². The molecule has 4 N–H and O–H groups in total. The van der Waals surface area contributed by atoms with Crippen molar-refractivity contribution in [2.45, 2.75) is 44.6 Å². The number of carbonyl (C=O) groups is 1. The Morgan fingerprint density at radius 1 is 1.24 bits per heavy atom. The van der Waals surface area contributed by atoms with Crippen LogP contribution in [-0.4, -0.2) is 63.0 Å². The predicted molar refractivity (Wildman–Crippen MR) is 147 cm³/mol. The van der Waals surface area contributed by atoms with Crippen molar-refractivity contribution < 1.29 is 22.7 Å². The van der Waals surface area contributed by atoms with Crippen molar-refractivity contribution in [1.29, 1.82) is 0 Å². The summed E-state index contributed by atoms with van der Waals surface area (Å²) in [5.74, 6) is 0.387. The third-order valence-electron chi connectivity index (χ3n) is 6.41. The Labute approximate surface area is 223 Å². The zero-order chi connectivity index (χ0) is 28.0. The molecule has 0 aliphatic rings. The fourth-order valence-electron chi connectivity index (χ4n) is 4.40. The van der Waals surface area contributed by atoms with Crippen molar-refractivity contribution >= 4 is 39.9 Å². The Morgan fingerprint density at radius 3 is 2.61 bits per heavy atom. The average Bonchev–Trinajstić information content (AvgIpc) is 3.21.